The van der Waals surface area contributed by atoms with E-state index in [1.54, 1.807) is 20.2 Å². The van der Waals surface area contributed by atoms with Gasteiger partial charge in [0.15, 0.2) is 18.2 Å². The largest absolute Gasteiger partial charge is 0.481 e. The van der Waals surface area contributed by atoms with E-state index in [4.69, 9.17) is 9.47 Å². The van der Waals surface area contributed by atoms with Gasteiger partial charge < -0.3 is 20.1 Å². The molecule has 1 unspecified atom stereocenters. The molecular formula is C14H21FN2O3. The first-order valence-corrected chi connectivity index (χ1v) is 6.43. The number of nitrogens with one attached hydrogen (secondary N) is 2. The minimum Gasteiger partial charge on any atom is -0.481 e. The number of benzene rings is 1. The average Bonchev–Trinajstić information content (AvgIpc) is 2.45. The summed E-state index contributed by atoms with van der Waals surface area (Å²) in [7, 11) is 3.35. The first-order valence-electron chi connectivity index (χ1n) is 6.43. The summed E-state index contributed by atoms with van der Waals surface area (Å²) in [5.74, 6) is -0.720. The van der Waals surface area contributed by atoms with Crippen LogP contribution in [0.5, 0.6) is 5.75 Å². The highest BCUT2D eigenvalue weighted by Crippen LogP contribution is 2.21. The zero-order chi connectivity index (χ0) is 15.0. The Labute approximate surface area is 118 Å². The minimum atomic E-state index is -0.478. The van der Waals surface area contributed by atoms with Gasteiger partial charge in [0.05, 0.1) is 6.61 Å². The molecule has 0 spiro atoms. The van der Waals surface area contributed by atoms with E-state index in [0.717, 1.165) is 5.56 Å². The van der Waals surface area contributed by atoms with Crippen LogP contribution in [0.1, 0.15) is 18.5 Å². The quantitative estimate of drug-likeness (QED) is 0.705. The van der Waals surface area contributed by atoms with Gasteiger partial charge in [-0.05, 0) is 31.7 Å². The van der Waals surface area contributed by atoms with Gasteiger partial charge in [0.25, 0.3) is 5.91 Å². The van der Waals surface area contributed by atoms with E-state index in [-0.39, 0.29) is 24.3 Å². The fraction of sp³-hybridized carbons (Fsp3) is 0.500. The highest BCUT2D eigenvalue weighted by Gasteiger charge is 2.10. The fourth-order valence-corrected chi connectivity index (χ4v) is 1.56. The van der Waals surface area contributed by atoms with Crippen LogP contribution in [0.3, 0.4) is 0 Å². The topological polar surface area (TPSA) is 59.6 Å². The predicted octanol–water partition coefficient (Wildman–Crippen LogP) is 1.25. The molecule has 0 fully saturated rings. The normalized spacial score (nSPS) is 12.0. The molecule has 1 aromatic carbocycles. The van der Waals surface area contributed by atoms with Crippen molar-refractivity contribution in [3.05, 3.63) is 29.6 Å². The Kier molecular flexibility index (Phi) is 6.97. The van der Waals surface area contributed by atoms with E-state index in [0.29, 0.717) is 13.2 Å². The van der Waals surface area contributed by atoms with Crippen molar-refractivity contribution in [2.24, 2.45) is 0 Å². The molecule has 1 atom stereocenters. The molecule has 1 amide bonds. The molecule has 112 valence electrons. The second kappa shape index (κ2) is 8.50. The maximum absolute atomic E-state index is 13.8. The third-order valence-electron chi connectivity index (χ3n) is 2.88. The second-order valence-electron chi connectivity index (χ2n) is 4.33. The second-order valence-corrected chi connectivity index (χ2v) is 4.33. The molecule has 1 aromatic rings. The Morgan fingerprint density at radius 1 is 1.45 bits per heavy atom. The van der Waals surface area contributed by atoms with Gasteiger partial charge in [-0.15, -0.1) is 0 Å². The van der Waals surface area contributed by atoms with Gasteiger partial charge in [0, 0.05) is 19.7 Å². The molecule has 6 heteroatoms. The first kappa shape index (κ1) is 16.4. The Balaban J connectivity index is 2.50. The maximum atomic E-state index is 13.8. The van der Waals surface area contributed by atoms with Gasteiger partial charge >= 0.3 is 0 Å². The minimum absolute atomic E-state index is 0.0518. The van der Waals surface area contributed by atoms with E-state index in [1.165, 1.54) is 12.1 Å². The smallest absolute Gasteiger partial charge is 0.258 e. The summed E-state index contributed by atoms with van der Waals surface area (Å²) in [6.45, 7) is 2.54. The van der Waals surface area contributed by atoms with E-state index in [1.807, 2.05) is 6.92 Å². The molecule has 0 bridgehead atoms. The molecule has 0 aliphatic heterocycles. The molecule has 0 heterocycles. The number of hydrogen-bond acceptors (Lipinski definition) is 4. The van der Waals surface area contributed by atoms with Crippen molar-refractivity contribution in [1.82, 2.24) is 10.6 Å². The van der Waals surface area contributed by atoms with Gasteiger partial charge in [-0.1, -0.05) is 6.07 Å². The highest BCUT2D eigenvalue weighted by molar-refractivity contribution is 5.77. The number of hydrogen-bond donors (Lipinski definition) is 2. The average molecular weight is 284 g/mol. The van der Waals surface area contributed by atoms with Crippen molar-refractivity contribution in [2.45, 2.75) is 13.0 Å². The summed E-state index contributed by atoms with van der Waals surface area (Å²) >= 11 is 0. The zero-order valence-corrected chi connectivity index (χ0v) is 12.0. The van der Waals surface area contributed by atoms with Gasteiger partial charge in [-0.3, -0.25) is 4.79 Å². The first-order chi connectivity index (χ1) is 9.58. The Bertz CT molecular complexity index is 440. The fourth-order valence-electron chi connectivity index (χ4n) is 1.56. The third-order valence-corrected chi connectivity index (χ3v) is 2.88. The van der Waals surface area contributed by atoms with E-state index < -0.39 is 5.82 Å². The van der Waals surface area contributed by atoms with Crippen molar-refractivity contribution in [2.75, 3.05) is 33.9 Å². The highest BCUT2D eigenvalue weighted by atomic mass is 19.1. The molecule has 2 N–H and O–H groups in total. The summed E-state index contributed by atoms with van der Waals surface area (Å²) < 4.78 is 23.7. The molecule has 0 saturated heterocycles. The van der Waals surface area contributed by atoms with Crippen molar-refractivity contribution in [3.8, 4) is 5.75 Å². The van der Waals surface area contributed by atoms with Crippen LogP contribution in [0.2, 0.25) is 0 Å². The summed E-state index contributed by atoms with van der Waals surface area (Å²) in [5.41, 5.74) is 0.821. The number of carbonyl (C=O) groups excluding carboxylic acids is 1. The number of methoxy groups -OCH3 is 1. The Morgan fingerprint density at radius 3 is 2.80 bits per heavy atom. The lowest BCUT2D eigenvalue weighted by Crippen LogP contribution is -2.31. The van der Waals surface area contributed by atoms with Crippen LogP contribution < -0.4 is 15.4 Å². The molecular weight excluding hydrogens is 263 g/mol. The molecule has 0 aromatic heterocycles. The molecule has 0 saturated carbocycles. The van der Waals surface area contributed by atoms with Crippen molar-refractivity contribution < 1.29 is 18.7 Å². The summed E-state index contributed by atoms with van der Waals surface area (Å²) in [4.78, 5) is 11.4. The van der Waals surface area contributed by atoms with Crippen molar-refractivity contribution in [1.29, 1.82) is 0 Å². The molecule has 1 rings (SSSR count). The van der Waals surface area contributed by atoms with Crippen LogP contribution in [0.15, 0.2) is 18.2 Å². The lowest BCUT2D eigenvalue weighted by atomic mass is 10.1. The summed E-state index contributed by atoms with van der Waals surface area (Å²) in [6.07, 6.45) is 0. The summed E-state index contributed by atoms with van der Waals surface area (Å²) in [6, 6.07) is 4.75. The van der Waals surface area contributed by atoms with Crippen LogP contribution in [-0.2, 0) is 9.53 Å². The molecule has 0 radical (unpaired) electrons. The lowest BCUT2D eigenvalue weighted by molar-refractivity contribution is -0.123. The van der Waals surface area contributed by atoms with Gasteiger partial charge in [-0.2, -0.15) is 0 Å². The molecule has 20 heavy (non-hydrogen) atoms. The van der Waals surface area contributed by atoms with Crippen LogP contribution in [0.4, 0.5) is 4.39 Å². The van der Waals surface area contributed by atoms with Crippen LogP contribution in [0.25, 0.3) is 0 Å². The van der Waals surface area contributed by atoms with Crippen molar-refractivity contribution >= 4 is 5.91 Å². The molecule has 0 aliphatic rings. The number of amides is 1. The third kappa shape index (κ3) is 5.14. The van der Waals surface area contributed by atoms with E-state index in [2.05, 4.69) is 10.6 Å². The standard InChI is InChI=1S/C14H21FN2O3/c1-10(16-2)11-4-5-13(12(15)8-11)20-9-14(18)17-6-7-19-3/h4-5,8,10,16H,6-7,9H2,1-3H3,(H,17,18). The maximum Gasteiger partial charge on any atom is 0.258 e. The Morgan fingerprint density at radius 2 is 2.20 bits per heavy atom. The number of carbonyl (C=O) groups is 1. The number of ether oxygens (including phenoxy) is 2. The lowest BCUT2D eigenvalue weighted by Gasteiger charge is -2.13. The van der Waals surface area contributed by atoms with E-state index in [9.17, 15) is 9.18 Å². The Hall–Kier alpha value is -1.66. The van der Waals surface area contributed by atoms with Crippen molar-refractivity contribution in [3.63, 3.8) is 0 Å². The zero-order valence-electron chi connectivity index (χ0n) is 12.0. The van der Waals surface area contributed by atoms with Crippen LogP contribution >= 0.6 is 0 Å². The monoisotopic (exact) mass is 284 g/mol. The van der Waals surface area contributed by atoms with Gasteiger partial charge in [0.2, 0.25) is 0 Å². The number of halogens is 1. The SMILES string of the molecule is CNC(C)c1ccc(OCC(=O)NCCOC)c(F)c1. The van der Waals surface area contributed by atoms with Crippen LogP contribution in [0, 0.1) is 5.82 Å². The predicted molar refractivity (Wildman–Crippen MR) is 74.3 cm³/mol. The van der Waals surface area contributed by atoms with Gasteiger partial charge in [-0.25, -0.2) is 4.39 Å². The molecule has 5 nitrogen and oxygen atoms in total. The summed E-state index contributed by atoms with van der Waals surface area (Å²) in [5, 5.41) is 5.61. The molecule has 0 aliphatic carbocycles. The number of rotatable bonds is 8. The van der Waals surface area contributed by atoms with E-state index >= 15 is 0 Å². The van der Waals surface area contributed by atoms with Gasteiger partial charge in [0.1, 0.15) is 0 Å². The van der Waals surface area contributed by atoms with Crippen LogP contribution in [-0.4, -0.2) is 39.8 Å².